The molecular weight excluding hydrogens is 168 g/mol. The lowest BCUT2D eigenvalue weighted by molar-refractivity contribution is 0.216. The number of nitrogen functional groups attached to an aromatic ring is 1. The van der Waals surface area contributed by atoms with Crippen molar-refractivity contribution in [1.82, 2.24) is 14.7 Å². The number of nitrogens with zero attached hydrogens (tertiary/aromatic N) is 3. The number of hydrogen-bond acceptors (Lipinski definition) is 4. The first-order valence-electron chi connectivity index (χ1n) is 4.30. The van der Waals surface area contributed by atoms with Gasteiger partial charge in [0, 0.05) is 19.3 Å². The fourth-order valence-electron chi connectivity index (χ4n) is 1.06. The molecule has 1 aromatic heterocycles. The zero-order chi connectivity index (χ0) is 9.68. The number of hydrogen-bond donors (Lipinski definition) is 2. The molecule has 0 amide bonds. The van der Waals surface area contributed by atoms with Crippen molar-refractivity contribution >= 4 is 5.82 Å². The molecule has 0 saturated heterocycles. The van der Waals surface area contributed by atoms with Crippen LogP contribution in [0.3, 0.4) is 0 Å². The molecule has 1 heterocycles. The highest BCUT2D eigenvalue weighted by atomic mass is 16.3. The maximum absolute atomic E-state index is 8.65. The van der Waals surface area contributed by atoms with Gasteiger partial charge in [0.25, 0.3) is 0 Å². The summed E-state index contributed by atoms with van der Waals surface area (Å²) in [6.45, 7) is 2.55. The van der Waals surface area contributed by atoms with E-state index in [-0.39, 0.29) is 6.61 Å². The quantitative estimate of drug-likeness (QED) is 0.640. The molecule has 1 aromatic rings. The third kappa shape index (κ3) is 3.43. The lowest BCUT2D eigenvalue weighted by Gasteiger charge is -2.14. The van der Waals surface area contributed by atoms with E-state index in [4.69, 9.17) is 10.8 Å². The Bertz CT molecular complexity index is 248. The Kier molecular flexibility index (Phi) is 3.72. The first-order chi connectivity index (χ1) is 6.22. The summed E-state index contributed by atoms with van der Waals surface area (Å²) in [6, 6.07) is 1.77. The topological polar surface area (TPSA) is 67.3 Å². The fraction of sp³-hybridized carbons (Fsp3) is 0.625. The smallest absolute Gasteiger partial charge is 0.145 e. The van der Waals surface area contributed by atoms with Gasteiger partial charge < -0.3 is 15.7 Å². The van der Waals surface area contributed by atoms with Gasteiger partial charge in [-0.1, -0.05) is 0 Å². The van der Waals surface area contributed by atoms with Crippen LogP contribution < -0.4 is 5.73 Å². The first kappa shape index (κ1) is 10.0. The predicted octanol–water partition coefficient (Wildman–Crippen LogP) is -0.611. The Morgan fingerprint density at radius 1 is 1.62 bits per heavy atom. The number of anilines is 1. The summed E-state index contributed by atoms with van der Waals surface area (Å²) >= 11 is 0. The zero-order valence-corrected chi connectivity index (χ0v) is 7.85. The van der Waals surface area contributed by atoms with E-state index in [0.717, 1.165) is 13.1 Å². The van der Waals surface area contributed by atoms with Crippen LogP contribution in [0.5, 0.6) is 0 Å². The van der Waals surface area contributed by atoms with Gasteiger partial charge in [0.1, 0.15) is 5.82 Å². The number of rotatable bonds is 5. The van der Waals surface area contributed by atoms with Crippen LogP contribution >= 0.6 is 0 Å². The normalized spacial score (nSPS) is 11.0. The van der Waals surface area contributed by atoms with E-state index < -0.39 is 0 Å². The van der Waals surface area contributed by atoms with Crippen LogP contribution in [0.4, 0.5) is 5.82 Å². The van der Waals surface area contributed by atoms with Gasteiger partial charge in [-0.15, -0.1) is 0 Å². The van der Waals surface area contributed by atoms with Crippen molar-refractivity contribution < 1.29 is 5.11 Å². The number of likely N-dealkylation sites (N-methyl/N-ethyl adjacent to an activating group) is 1. The molecular formula is C8H16N4O. The van der Waals surface area contributed by atoms with E-state index in [0.29, 0.717) is 12.4 Å². The van der Waals surface area contributed by atoms with Crippen LogP contribution in [0.2, 0.25) is 0 Å². The number of aromatic nitrogens is 2. The molecule has 0 aliphatic carbocycles. The largest absolute Gasteiger partial charge is 0.395 e. The minimum absolute atomic E-state index is 0.192. The van der Waals surface area contributed by atoms with Crippen molar-refractivity contribution in [2.45, 2.75) is 6.54 Å². The Balaban J connectivity index is 2.26. The van der Waals surface area contributed by atoms with E-state index in [1.807, 2.05) is 18.1 Å². The van der Waals surface area contributed by atoms with Crippen LogP contribution in [0, 0.1) is 0 Å². The second kappa shape index (κ2) is 4.84. The zero-order valence-electron chi connectivity index (χ0n) is 7.85. The molecule has 3 N–H and O–H groups in total. The highest BCUT2D eigenvalue weighted by Crippen LogP contribution is 1.95. The highest BCUT2D eigenvalue weighted by molar-refractivity contribution is 5.23. The summed E-state index contributed by atoms with van der Waals surface area (Å²) in [7, 11) is 1.96. The lowest BCUT2D eigenvalue weighted by atomic mass is 10.5. The van der Waals surface area contributed by atoms with Gasteiger partial charge in [0.15, 0.2) is 0 Å². The Hall–Kier alpha value is -1.07. The Morgan fingerprint density at radius 3 is 2.92 bits per heavy atom. The van der Waals surface area contributed by atoms with E-state index >= 15 is 0 Å². The summed E-state index contributed by atoms with van der Waals surface area (Å²) < 4.78 is 1.79. The second-order valence-electron chi connectivity index (χ2n) is 3.03. The SMILES string of the molecule is CN(CCO)CCn1ccc(N)n1. The number of nitrogens with two attached hydrogens (primary N) is 1. The molecule has 0 aliphatic rings. The van der Waals surface area contributed by atoms with Crippen molar-refractivity contribution in [2.24, 2.45) is 0 Å². The van der Waals surface area contributed by atoms with Crippen LogP contribution in [-0.2, 0) is 6.54 Å². The van der Waals surface area contributed by atoms with Gasteiger partial charge in [0.2, 0.25) is 0 Å². The average Bonchev–Trinajstić information content (AvgIpc) is 2.49. The molecule has 0 atom stereocenters. The third-order valence-electron chi connectivity index (χ3n) is 1.85. The number of aliphatic hydroxyl groups excluding tert-OH is 1. The van der Waals surface area contributed by atoms with E-state index in [1.165, 1.54) is 0 Å². The molecule has 5 heteroatoms. The Morgan fingerprint density at radius 2 is 2.38 bits per heavy atom. The molecule has 0 aliphatic heterocycles. The maximum Gasteiger partial charge on any atom is 0.145 e. The molecule has 0 spiro atoms. The molecule has 5 nitrogen and oxygen atoms in total. The summed E-state index contributed by atoms with van der Waals surface area (Å²) in [4.78, 5) is 2.04. The van der Waals surface area contributed by atoms with Gasteiger partial charge in [0.05, 0.1) is 13.2 Å². The van der Waals surface area contributed by atoms with E-state index in [9.17, 15) is 0 Å². The van der Waals surface area contributed by atoms with Crippen LogP contribution in [0.1, 0.15) is 0 Å². The van der Waals surface area contributed by atoms with E-state index in [2.05, 4.69) is 5.10 Å². The van der Waals surface area contributed by atoms with Crippen molar-refractivity contribution in [3.05, 3.63) is 12.3 Å². The van der Waals surface area contributed by atoms with Gasteiger partial charge in [-0.3, -0.25) is 4.68 Å². The van der Waals surface area contributed by atoms with Gasteiger partial charge in [-0.2, -0.15) is 5.10 Å². The summed E-state index contributed by atoms with van der Waals surface area (Å²) in [5.74, 6) is 0.546. The van der Waals surface area contributed by atoms with Gasteiger partial charge >= 0.3 is 0 Å². The van der Waals surface area contributed by atoms with Gasteiger partial charge in [-0.05, 0) is 13.1 Å². The number of aliphatic hydroxyl groups is 1. The first-order valence-corrected chi connectivity index (χ1v) is 4.30. The average molecular weight is 184 g/mol. The summed E-state index contributed by atoms with van der Waals surface area (Å²) in [5.41, 5.74) is 5.46. The highest BCUT2D eigenvalue weighted by Gasteiger charge is 1.98. The Labute approximate surface area is 77.8 Å². The standard InChI is InChI=1S/C8H16N4O/c1-11(6-7-13)4-5-12-3-2-8(9)10-12/h2-3,13H,4-7H2,1H3,(H2,9,10). The summed E-state index contributed by atoms with van der Waals surface area (Å²) in [6.07, 6.45) is 1.85. The molecule has 0 radical (unpaired) electrons. The van der Waals surface area contributed by atoms with Gasteiger partial charge in [-0.25, -0.2) is 0 Å². The maximum atomic E-state index is 8.65. The van der Waals surface area contributed by atoms with Crippen molar-refractivity contribution in [1.29, 1.82) is 0 Å². The molecule has 0 bridgehead atoms. The molecule has 0 unspecified atom stereocenters. The third-order valence-corrected chi connectivity index (χ3v) is 1.85. The van der Waals surface area contributed by atoms with Crippen molar-refractivity contribution in [3.8, 4) is 0 Å². The second-order valence-corrected chi connectivity index (χ2v) is 3.03. The molecule has 0 fully saturated rings. The minimum atomic E-state index is 0.192. The summed E-state index contributed by atoms with van der Waals surface area (Å²) in [5, 5.41) is 12.7. The fourth-order valence-corrected chi connectivity index (χ4v) is 1.06. The molecule has 13 heavy (non-hydrogen) atoms. The van der Waals surface area contributed by atoms with Crippen LogP contribution in [0.15, 0.2) is 12.3 Å². The monoisotopic (exact) mass is 184 g/mol. The lowest BCUT2D eigenvalue weighted by Crippen LogP contribution is -2.26. The van der Waals surface area contributed by atoms with Crippen molar-refractivity contribution in [2.75, 3.05) is 32.5 Å². The van der Waals surface area contributed by atoms with E-state index in [1.54, 1.807) is 10.7 Å². The van der Waals surface area contributed by atoms with Crippen LogP contribution in [-0.4, -0.2) is 46.5 Å². The van der Waals surface area contributed by atoms with Crippen LogP contribution in [0.25, 0.3) is 0 Å². The predicted molar refractivity (Wildman–Crippen MR) is 51.2 cm³/mol. The van der Waals surface area contributed by atoms with Crippen molar-refractivity contribution in [3.63, 3.8) is 0 Å². The molecule has 1 rings (SSSR count). The minimum Gasteiger partial charge on any atom is -0.395 e. The molecule has 0 saturated carbocycles. The molecule has 74 valence electrons. The molecule has 0 aromatic carbocycles.